The second kappa shape index (κ2) is 11.8. The molecule has 1 amide bonds. The van der Waals surface area contributed by atoms with Gasteiger partial charge in [-0.05, 0) is 86.0 Å². The van der Waals surface area contributed by atoms with Gasteiger partial charge in [-0.15, -0.1) is 0 Å². The largest absolute Gasteiger partial charge is 0.352 e. The summed E-state index contributed by atoms with van der Waals surface area (Å²) in [6, 6.07) is 27.7. The van der Waals surface area contributed by atoms with Crippen molar-refractivity contribution in [2.24, 2.45) is 0 Å². The van der Waals surface area contributed by atoms with Crippen LogP contribution in [0.1, 0.15) is 54.1 Å². The molecule has 3 aromatic carbocycles. The van der Waals surface area contributed by atoms with Crippen LogP contribution < -0.4 is 5.32 Å². The minimum Gasteiger partial charge on any atom is -0.352 e. The molecule has 0 aliphatic heterocycles. The maximum atomic E-state index is 12.5. The molecule has 0 unspecified atom stereocenters. The quantitative estimate of drug-likeness (QED) is 0.385. The van der Waals surface area contributed by atoms with Crippen LogP contribution in [0.2, 0.25) is 0 Å². The molecule has 33 heavy (non-hydrogen) atoms. The number of fused-ring (bicyclic) bond motifs is 1. The highest BCUT2D eigenvalue weighted by molar-refractivity contribution is 5.94. The molecule has 0 heterocycles. The van der Waals surface area contributed by atoms with Crippen molar-refractivity contribution in [1.82, 2.24) is 10.2 Å². The third-order valence-corrected chi connectivity index (χ3v) is 6.76. The number of carbonyl (C=O) groups excluding carboxylic acids is 1. The van der Waals surface area contributed by atoms with Crippen LogP contribution in [0.25, 0.3) is 11.1 Å². The van der Waals surface area contributed by atoms with E-state index in [9.17, 15) is 4.79 Å². The maximum absolute atomic E-state index is 12.5. The van der Waals surface area contributed by atoms with Crippen LogP contribution in [-0.4, -0.2) is 36.5 Å². The van der Waals surface area contributed by atoms with Gasteiger partial charge in [-0.25, -0.2) is 0 Å². The van der Waals surface area contributed by atoms with Gasteiger partial charge in [0.2, 0.25) is 0 Å². The van der Waals surface area contributed by atoms with Crippen LogP contribution in [0.5, 0.6) is 0 Å². The third-order valence-electron chi connectivity index (χ3n) is 6.76. The van der Waals surface area contributed by atoms with Crippen LogP contribution >= 0.6 is 0 Å². The summed E-state index contributed by atoms with van der Waals surface area (Å²) >= 11 is 0. The third kappa shape index (κ3) is 6.33. The number of carbonyl (C=O) groups is 1. The fourth-order valence-corrected chi connectivity index (χ4v) is 4.94. The lowest BCUT2D eigenvalue weighted by atomic mass is 9.87. The van der Waals surface area contributed by atoms with Gasteiger partial charge in [0.05, 0.1) is 0 Å². The van der Waals surface area contributed by atoms with Gasteiger partial charge >= 0.3 is 0 Å². The number of unbranched alkanes of at least 4 members (excludes halogenated alkanes) is 1. The standard InChI is InChI=1S/C30H36N2O/c1-2-21-32(29-19-18-25-12-6-7-13-28(25)23-29)22-9-8-20-31-30(33)27-16-14-26(15-17-27)24-10-4-3-5-11-24/h3-7,10-17,29H,2,8-9,18-23H2,1H3,(H,31,33)/t29-/m1/s1. The first kappa shape index (κ1) is 23.3. The van der Waals surface area contributed by atoms with Crippen molar-refractivity contribution in [2.45, 2.75) is 51.5 Å². The van der Waals surface area contributed by atoms with Crippen molar-refractivity contribution >= 4 is 5.91 Å². The summed E-state index contributed by atoms with van der Waals surface area (Å²) in [6.45, 7) is 5.27. The van der Waals surface area contributed by atoms with E-state index in [1.165, 1.54) is 42.4 Å². The molecule has 3 nitrogen and oxygen atoms in total. The van der Waals surface area contributed by atoms with Crippen molar-refractivity contribution in [3.8, 4) is 11.1 Å². The number of amides is 1. The van der Waals surface area contributed by atoms with E-state index >= 15 is 0 Å². The molecular weight excluding hydrogens is 404 g/mol. The highest BCUT2D eigenvalue weighted by atomic mass is 16.1. The number of aryl methyl sites for hydroxylation is 1. The van der Waals surface area contributed by atoms with Crippen molar-refractivity contribution in [3.63, 3.8) is 0 Å². The second-order valence-corrected chi connectivity index (χ2v) is 9.11. The molecule has 1 atom stereocenters. The average Bonchev–Trinajstić information content (AvgIpc) is 2.88. The molecule has 0 radical (unpaired) electrons. The van der Waals surface area contributed by atoms with Crippen LogP contribution in [0.4, 0.5) is 0 Å². The SMILES string of the molecule is CCCN(CCCCNC(=O)c1ccc(-c2ccccc2)cc1)[C@@H]1CCc2ccccc2C1. The Kier molecular flexibility index (Phi) is 8.32. The molecule has 4 rings (SSSR count). The van der Waals surface area contributed by atoms with E-state index in [1.807, 2.05) is 42.5 Å². The normalized spacial score (nSPS) is 15.3. The van der Waals surface area contributed by atoms with E-state index in [0.717, 1.165) is 43.6 Å². The predicted molar refractivity (Wildman–Crippen MR) is 138 cm³/mol. The van der Waals surface area contributed by atoms with E-state index in [0.29, 0.717) is 6.04 Å². The summed E-state index contributed by atoms with van der Waals surface area (Å²) in [7, 11) is 0. The Morgan fingerprint density at radius 1 is 0.848 bits per heavy atom. The lowest BCUT2D eigenvalue weighted by Crippen LogP contribution is -2.40. The van der Waals surface area contributed by atoms with E-state index in [-0.39, 0.29) is 5.91 Å². The summed E-state index contributed by atoms with van der Waals surface area (Å²) in [6.07, 6.45) is 6.94. The number of nitrogens with zero attached hydrogens (tertiary/aromatic N) is 1. The Bertz CT molecular complexity index is 1010. The Labute approximate surface area is 198 Å². The second-order valence-electron chi connectivity index (χ2n) is 9.11. The van der Waals surface area contributed by atoms with Crippen LogP contribution in [0, 0.1) is 0 Å². The molecule has 1 aliphatic rings. The molecule has 1 aliphatic carbocycles. The molecule has 3 heteroatoms. The smallest absolute Gasteiger partial charge is 0.251 e. The van der Waals surface area contributed by atoms with Gasteiger partial charge in [0, 0.05) is 18.2 Å². The molecular formula is C30H36N2O. The molecule has 172 valence electrons. The van der Waals surface area contributed by atoms with Gasteiger partial charge in [-0.2, -0.15) is 0 Å². The Balaban J connectivity index is 1.21. The summed E-state index contributed by atoms with van der Waals surface area (Å²) < 4.78 is 0. The number of nitrogens with one attached hydrogen (secondary N) is 1. The topological polar surface area (TPSA) is 32.3 Å². The van der Waals surface area contributed by atoms with Gasteiger partial charge in [0.25, 0.3) is 5.91 Å². The van der Waals surface area contributed by atoms with Crippen molar-refractivity contribution in [1.29, 1.82) is 0 Å². The minimum atomic E-state index is 0.0175. The Hall–Kier alpha value is -2.91. The van der Waals surface area contributed by atoms with Crippen LogP contribution in [0.15, 0.2) is 78.9 Å². The number of rotatable bonds is 10. The highest BCUT2D eigenvalue weighted by Gasteiger charge is 2.23. The monoisotopic (exact) mass is 440 g/mol. The van der Waals surface area contributed by atoms with Crippen molar-refractivity contribution in [2.75, 3.05) is 19.6 Å². The summed E-state index contributed by atoms with van der Waals surface area (Å²) in [4.78, 5) is 15.2. The molecule has 0 saturated carbocycles. The van der Waals surface area contributed by atoms with Crippen molar-refractivity contribution in [3.05, 3.63) is 95.6 Å². The molecule has 0 spiro atoms. The lowest BCUT2D eigenvalue weighted by Gasteiger charge is -2.35. The van der Waals surface area contributed by atoms with E-state index < -0.39 is 0 Å². The van der Waals surface area contributed by atoms with E-state index in [1.54, 1.807) is 0 Å². The van der Waals surface area contributed by atoms with Crippen LogP contribution in [0.3, 0.4) is 0 Å². The zero-order valence-corrected chi connectivity index (χ0v) is 19.8. The Morgan fingerprint density at radius 2 is 1.55 bits per heavy atom. The Morgan fingerprint density at radius 3 is 2.30 bits per heavy atom. The molecule has 0 fully saturated rings. The number of benzene rings is 3. The van der Waals surface area contributed by atoms with E-state index in [2.05, 4.69) is 53.5 Å². The van der Waals surface area contributed by atoms with Gasteiger partial charge in [-0.1, -0.05) is 73.7 Å². The lowest BCUT2D eigenvalue weighted by molar-refractivity contribution is 0.0952. The first-order chi connectivity index (χ1) is 16.2. The average molecular weight is 441 g/mol. The first-order valence-electron chi connectivity index (χ1n) is 12.5. The minimum absolute atomic E-state index is 0.0175. The fourth-order valence-electron chi connectivity index (χ4n) is 4.94. The van der Waals surface area contributed by atoms with E-state index in [4.69, 9.17) is 0 Å². The van der Waals surface area contributed by atoms with Gasteiger partial charge in [0.15, 0.2) is 0 Å². The van der Waals surface area contributed by atoms with Crippen molar-refractivity contribution < 1.29 is 4.79 Å². The molecule has 0 aromatic heterocycles. The fraction of sp³-hybridized carbons (Fsp3) is 0.367. The van der Waals surface area contributed by atoms with Crippen LogP contribution in [-0.2, 0) is 12.8 Å². The summed E-state index contributed by atoms with van der Waals surface area (Å²) in [5.41, 5.74) is 6.09. The molecule has 0 saturated heterocycles. The molecule has 1 N–H and O–H groups in total. The first-order valence-corrected chi connectivity index (χ1v) is 12.5. The zero-order valence-electron chi connectivity index (χ0n) is 19.8. The zero-order chi connectivity index (χ0) is 22.9. The van der Waals surface area contributed by atoms with Gasteiger partial charge < -0.3 is 10.2 Å². The molecule has 3 aromatic rings. The van der Waals surface area contributed by atoms with Gasteiger partial charge in [-0.3, -0.25) is 4.79 Å². The van der Waals surface area contributed by atoms with Gasteiger partial charge in [0.1, 0.15) is 0 Å². The predicted octanol–water partition coefficient (Wildman–Crippen LogP) is 6.13. The number of hydrogen-bond acceptors (Lipinski definition) is 2. The number of hydrogen-bond donors (Lipinski definition) is 1. The molecule has 0 bridgehead atoms. The highest BCUT2D eigenvalue weighted by Crippen LogP contribution is 2.25. The summed E-state index contributed by atoms with van der Waals surface area (Å²) in [5, 5.41) is 3.10. The maximum Gasteiger partial charge on any atom is 0.251 e. The summed E-state index contributed by atoms with van der Waals surface area (Å²) in [5.74, 6) is 0.0175.